The number of ether oxygens (including phenoxy) is 3. The van der Waals surface area contributed by atoms with Gasteiger partial charge in [0.05, 0.1) is 16.0 Å². The van der Waals surface area contributed by atoms with Crippen molar-refractivity contribution in [3.8, 4) is 5.88 Å². The van der Waals surface area contributed by atoms with Crippen LogP contribution in [-0.2, 0) is 26.2 Å². The zero-order chi connectivity index (χ0) is 26.1. The van der Waals surface area contributed by atoms with Crippen molar-refractivity contribution in [2.24, 2.45) is 5.14 Å². The number of nitrogens with zero attached hydrogens (tertiary/aromatic N) is 2. The topological polar surface area (TPSA) is 106 Å². The first-order valence-corrected chi connectivity index (χ1v) is 18.1. The van der Waals surface area contributed by atoms with Gasteiger partial charge in [0.2, 0.25) is 15.9 Å². The molecule has 36 heavy (non-hydrogen) atoms. The van der Waals surface area contributed by atoms with Gasteiger partial charge in [-0.2, -0.15) is 4.98 Å². The number of rotatable bonds is 9. The zero-order valence-corrected chi connectivity index (χ0v) is 24.6. The Morgan fingerprint density at radius 3 is 2.75 bits per heavy atom. The fourth-order valence-corrected chi connectivity index (χ4v) is 6.32. The molecule has 2 aromatic heterocycles. The maximum absolute atomic E-state index is 12.3. The molecule has 4 rings (SSSR count). The Hall–Kier alpha value is -1.76. The van der Waals surface area contributed by atoms with Crippen LogP contribution in [0.4, 0.5) is 0 Å². The molecule has 2 atom stereocenters. The van der Waals surface area contributed by atoms with Crippen molar-refractivity contribution in [1.29, 1.82) is 0 Å². The van der Waals surface area contributed by atoms with E-state index < -0.39 is 24.2 Å². The molecule has 1 saturated heterocycles. The molecule has 11 heteroatoms. The second-order valence-electron chi connectivity index (χ2n) is 10.5. The Morgan fingerprint density at radius 1 is 1.25 bits per heavy atom. The number of aromatic nitrogens is 2. The van der Waals surface area contributed by atoms with Crippen LogP contribution in [0.25, 0.3) is 11.0 Å². The van der Waals surface area contributed by atoms with Crippen molar-refractivity contribution in [1.82, 2.24) is 9.55 Å². The van der Waals surface area contributed by atoms with Crippen LogP contribution in [0, 0.1) is 6.92 Å². The van der Waals surface area contributed by atoms with Crippen molar-refractivity contribution in [2.45, 2.75) is 62.7 Å². The number of fused-ring (bicyclic) bond motifs is 1. The molecule has 3 aromatic rings. The largest absolute Gasteiger partial charge is 0.470 e. The fraction of sp³-hybridized carbons (Fsp3) is 0.480. The Balaban J connectivity index is 1.60. The van der Waals surface area contributed by atoms with Crippen LogP contribution in [0.2, 0.25) is 25.7 Å². The molecule has 0 aliphatic carbocycles. The van der Waals surface area contributed by atoms with Gasteiger partial charge in [-0.1, -0.05) is 37.3 Å². The summed E-state index contributed by atoms with van der Waals surface area (Å²) in [6, 6.07) is 10.3. The average molecular weight is 597 g/mol. The summed E-state index contributed by atoms with van der Waals surface area (Å²) in [6.45, 7) is 10.9. The number of primary sulfonamides is 1. The quantitative estimate of drug-likeness (QED) is 0.275. The van der Waals surface area contributed by atoms with Gasteiger partial charge in [0.1, 0.15) is 18.5 Å². The number of aryl methyl sites for hydroxylation is 1. The highest BCUT2D eigenvalue weighted by atomic mass is 79.9. The van der Waals surface area contributed by atoms with Gasteiger partial charge in [-0.25, -0.2) is 13.6 Å². The summed E-state index contributed by atoms with van der Waals surface area (Å²) >= 11 is 3.59. The molecule has 8 nitrogen and oxygen atoms in total. The molecule has 1 aliphatic rings. The molecular weight excluding hydrogens is 562 g/mol. The van der Waals surface area contributed by atoms with Crippen LogP contribution in [0.1, 0.15) is 23.5 Å². The summed E-state index contributed by atoms with van der Waals surface area (Å²) in [5.41, 5.74) is 2.37. The van der Waals surface area contributed by atoms with Crippen molar-refractivity contribution in [3.63, 3.8) is 0 Å². The van der Waals surface area contributed by atoms with E-state index in [1.807, 2.05) is 35.9 Å². The Labute approximate surface area is 222 Å². The van der Waals surface area contributed by atoms with Crippen molar-refractivity contribution < 1.29 is 22.6 Å². The predicted molar refractivity (Wildman–Crippen MR) is 147 cm³/mol. The standard InChI is InChI=1S/C25H34BrN3O5SSi/c1-17-5-6-23(35(27,30)31)20(13-17)19-8-10-32-15-22(19)34-25-21(26)14-18-7-9-29(24(18)28-25)16-33-11-12-36(2,3)4/h5-7,9,13-14,19,22H,8,10-12,15-16H2,1-4H3,(H2,27,30,31)/t19-,22+/m1/s1. The zero-order valence-electron chi connectivity index (χ0n) is 21.2. The Kier molecular flexibility index (Phi) is 8.28. The third-order valence-corrected chi connectivity index (χ3v) is 9.58. The molecule has 0 bridgehead atoms. The van der Waals surface area contributed by atoms with E-state index in [0.29, 0.717) is 42.3 Å². The first-order chi connectivity index (χ1) is 16.9. The number of hydrogen-bond acceptors (Lipinski definition) is 6. The predicted octanol–water partition coefficient (Wildman–Crippen LogP) is 5.02. The van der Waals surface area contributed by atoms with Crippen LogP contribution in [0.3, 0.4) is 0 Å². The fourth-order valence-electron chi connectivity index (χ4n) is 4.34. The van der Waals surface area contributed by atoms with Crippen molar-refractivity contribution >= 4 is 45.1 Å². The Morgan fingerprint density at radius 2 is 2.03 bits per heavy atom. The first kappa shape index (κ1) is 27.3. The maximum atomic E-state index is 12.3. The minimum absolute atomic E-state index is 0.125. The van der Waals surface area contributed by atoms with Gasteiger partial charge in [0.25, 0.3) is 0 Å². The lowest BCUT2D eigenvalue weighted by Gasteiger charge is -2.33. The third-order valence-electron chi connectivity index (χ3n) is 6.32. The summed E-state index contributed by atoms with van der Waals surface area (Å²) in [5, 5.41) is 6.51. The highest BCUT2D eigenvalue weighted by molar-refractivity contribution is 9.10. The van der Waals surface area contributed by atoms with Crippen LogP contribution >= 0.6 is 15.9 Å². The van der Waals surface area contributed by atoms with Gasteiger partial charge in [-0.05, 0) is 59.1 Å². The number of halogens is 1. The lowest BCUT2D eigenvalue weighted by molar-refractivity contribution is -0.0102. The van der Waals surface area contributed by atoms with Crippen LogP contribution in [0.15, 0.2) is 45.9 Å². The lowest BCUT2D eigenvalue weighted by Crippen LogP contribution is -2.37. The van der Waals surface area contributed by atoms with E-state index in [-0.39, 0.29) is 10.8 Å². The molecule has 196 valence electrons. The minimum atomic E-state index is -3.89. The molecule has 1 fully saturated rings. The van der Waals surface area contributed by atoms with E-state index in [4.69, 9.17) is 24.3 Å². The normalized spacial score (nSPS) is 19.1. The molecule has 0 radical (unpaired) electrons. The average Bonchev–Trinajstić information content (AvgIpc) is 3.17. The lowest BCUT2D eigenvalue weighted by atomic mass is 9.88. The highest BCUT2D eigenvalue weighted by Crippen LogP contribution is 2.36. The van der Waals surface area contributed by atoms with E-state index in [9.17, 15) is 8.42 Å². The van der Waals surface area contributed by atoms with Crippen LogP contribution in [0.5, 0.6) is 5.88 Å². The highest BCUT2D eigenvalue weighted by Gasteiger charge is 2.33. The van der Waals surface area contributed by atoms with Gasteiger partial charge in [0.15, 0.2) is 0 Å². The molecule has 0 unspecified atom stereocenters. The van der Waals surface area contributed by atoms with E-state index >= 15 is 0 Å². The van der Waals surface area contributed by atoms with Crippen LogP contribution < -0.4 is 9.88 Å². The number of sulfonamides is 1. The second kappa shape index (κ2) is 10.9. The van der Waals surface area contributed by atoms with Crippen molar-refractivity contribution in [2.75, 3.05) is 19.8 Å². The molecule has 0 spiro atoms. The first-order valence-electron chi connectivity index (χ1n) is 12.0. The Bertz CT molecular complexity index is 1340. The number of nitrogens with two attached hydrogens (primary N) is 1. The smallest absolute Gasteiger partial charge is 0.238 e. The van der Waals surface area contributed by atoms with Gasteiger partial charge in [-0.15, -0.1) is 0 Å². The minimum Gasteiger partial charge on any atom is -0.470 e. The van der Waals surface area contributed by atoms with Gasteiger partial charge >= 0.3 is 0 Å². The monoisotopic (exact) mass is 595 g/mol. The molecule has 1 aliphatic heterocycles. The molecule has 2 N–H and O–H groups in total. The van der Waals surface area contributed by atoms with Gasteiger partial charge in [-0.3, -0.25) is 0 Å². The summed E-state index contributed by atoms with van der Waals surface area (Å²) in [4.78, 5) is 4.92. The maximum Gasteiger partial charge on any atom is 0.238 e. The second-order valence-corrected chi connectivity index (χ2v) is 18.5. The molecule has 1 aromatic carbocycles. The molecule has 3 heterocycles. The van der Waals surface area contributed by atoms with E-state index in [1.54, 1.807) is 12.1 Å². The number of pyridine rings is 1. The van der Waals surface area contributed by atoms with E-state index in [2.05, 4.69) is 35.6 Å². The number of benzene rings is 1. The van der Waals surface area contributed by atoms with E-state index in [1.165, 1.54) is 0 Å². The van der Waals surface area contributed by atoms with Gasteiger partial charge in [0, 0.05) is 38.8 Å². The summed E-state index contributed by atoms with van der Waals surface area (Å²) in [7, 11) is -5.05. The summed E-state index contributed by atoms with van der Waals surface area (Å²) in [5.74, 6) is 0.211. The summed E-state index contributed by atoms with van der Waals surface area (Å²) < 4.78 is 45.4. The molecular formula is C25H34BrN3O5SSi. The van der Waals surface area contributed by atoms with E-state index in [0.717, 1.165) is 29.2 Å². The van der Waals surface area contributed by atoms with Gasteiger partial charge < -0.3 is 18.8 Å². The third kappa shape index (κ3) is 6.56. The summed E-state index contributed by atoms with van der Waals surface area (Å²) in [6.07, 6.45) is 2.14. The number of hydrogen-bond donors (Lipinski definition) is 1. The SMILES string of the molecule is Cc1ccc(S(N)(=O)=O)c([C@H]2CCOC[C@@H]2Oc2nc3c(ccn3COCC[Si](C)(C)C)cc2Br)c1. The molecule has 0 saturated carbocycles. The van der Waals surface area contributed by atoms with Crippen molar-refractivity contribution in [3.05, 3.63) is 52.1 Å². The van der Waals surface area contributed by atoms with Crippen LogP contribution in [-0.4, -0.2) is 52.0 Å². The molecule has 0 amide bonds.